The zero-order valence-electron chi connectivity index (χ0n) is 14.4. The third-order valence-corrected chi connectivity index (χ3v) is 4.09. The van der Waals surface area contributed by atoms with Crippen LogP contribution in [0.2, 0.25) is 0 Å². The van der Waals surface area contributed by atoms with E-state index in [4.69, 9.17) is 15.7 Å². The molecule has 27 heavy (non-hydrogen) atoms. The molecule has 130 valence electrons. The van der Waals surface area contributed by atoms with Gasteiger partial charge in [-0.05, 0) is 35.9 Å². The van der Waals surface area contributed by atoms with Crippen molar-refractivity contribution in [1.82, 2.24) is 4.98 Å². The number of nitrogens with two attached hydrogens (primary N) is 1. The Balaban J connectivity index is 2.11. The molecule has 6 nitrogen and oxygen atoms in total. The first-order valence-electron chi connectivity index (χ1n) is 7.97. The fourth-order valence-electron chi connectivity index (χ4n) is 2.68. The fourth-order valence-corrected chi connectivity index (χ4v) is 2.68. The van der Waals surface area contributed by atoms with Gasteiger partial charge in [-0.2, -0.15) is 10.5 Å². The maximum absolute atomic E-state index is 11.6. The first-order chi connectivity index (χ1) is 13.1. The van der Waals surface area contributed by atoms with E-state index in [9.17, 15) is 10.1 Å². The molecule has 0 bridgehead atoms. The van der Waals surface area contributed by atoms with E-state index >= 15 is 0 Å². The number of carbonyl (C=O) groups excluding carboxylic acids is 1. The highest BCUT2D eigenvalue weighted by Crippen LogP contribution is 2.31. The summed E-state index contributed by atoms with van der Waals surface area (Å²) in [7, 11) is 1.32. The summed E-state index contributed by atoms with van der Waals surface area (Å²) in [6.07, 6.45) is 0. The Kier molecular flexibility index (Phi) is 4.83. The molecule has 2 aromatic carbocycles. The van der Waals surface area contributed by atoms with E-state index < -0.39 is 5.97 Å². The molecule has 0 spiro atoms. The largest absolute Gasteiger partial charge is 0.465 e. The lowest BCUT2D eigenvalue weighted by molar-refractivity contribution is 0.0601. The van der Waals surface area contributed by atoms with E-state index in [1.165, 1.54) is 7.11 Å². The lowest BCUT2D eigenvalue weighted by Crippen LogP contribution is -2.02. The summed E-state index contributed by atoms with van der Waals surface area (Å²) >= 11 is 0. The van der Waals surface area contributed by atoms with Crippen LogP contribution in [-0.2, 0) is 4.74 Å². The molecule has 0 radical (unpaired) electrons. The van der Waals surface area contributed by atoms with E-state index in [1.807, 2.05) is 0 Å². The minimum absolute atomic E-state index is 0.117. The highest BCUT2D eigenvalue weighted by Gasteiger charge is 2.14. The summed E-state index contributed by atoms with van der Waals surface area (Å²) in [5.41, 5.74) is 9.92. The number of esters is 1. The summed E-state index contributed by atoms with van der Waals surface area (Å²) in [5, 5.41) is 18.4. The molecule has 1 aromatic heterocycles. The Hall–Kier alpha value is -4.16. The van der Waals surface area contributed by atoms with Crippen LogP contribution in [0.3, 0.4) is 0 Å². The Morgan fingerprint density at radius 1 is 1.00 bits per heavy atom. The Morgan fingerprint density at radius 3 is 2.19 bits per heavy atom. The minimum Gasteiger partial charge on any atom is -0.465 e. The SMILES string of the molecule is COC(=O)c1ccc(-c2cc(-c3ccc(C#N)cc3)nc(N)c2C#N)cc1. The van der Waals surface area contributed by atoms with Crippen LogP contribution in [0.4, 0.5) is 5.82 Å². The van der Waals surface area contributed by atoms with Gasteiger partial charge in [0, 0.05) is 11.1 Å². The standard InChI is InChI=1S/C21H14N4O2/c1-27-21(26)16-8-6-14(7-9-16)17-10-19(25-20(24)18(17)12-23)15-4-2-13(11-22)3-5-15/h2-10H,1H3,(H2,24,25). The van der Waals surface area contributed by atoms with Gasteiger partial charge in [-0.1, -0.05) is 24.3 Å². The quantitative estimate of drug-likeness (QED) is 0.720. The van der Waals surface area contributed by atoms with Crippen molar-refractivity contribution in [3.05, 3.63) is 71.3 Å². The number of nitriles is 2. The molecule has 0 saturated heterocycles. The maximum atomic E-state index is 11.6. The number of aromatic nitrogens is 1. The second kappa shape index (κ2) is 7.38. The van der Waals surface area contributed by atoms with Crippen LogP contribution in [0.15, 0.2) is 54.6 Å². The van der Waals surface area contributed by atoms with Crippen molar-refractivity contribution < 1.29 is 9.53 Å². The minimum atomic E-state index is -0.436. The smallest absolute Gasteiger partial charge is 0.337 e. The van der Waals surface area contributed by atoms with Crippen LogP contribution < -0.4 is 5.73 Å². The summed E-state index contributed by atoms with van der Waals surface area (Å²) in [6.45, 7) is 0. The van der Waals surface area contributed by atoms with Gasteiger partial charge in [0.15, 0.2) is 0 Å². The molecule has 0 atom stereocenters. The zero-order valence-corrected chi connectivity index (χ0v) is 14.4. The van der Waals surface area contributed by atoms with E-state index in [1.54, 1.807) is 54.6 Å². The third kappa shape index (κ3) is 3.46. The van der Waals surface area contributed by atoms with Gasteiger partial charge in [0.25, 0.3) is 0 Å². The molecule has 0 amide bonds. The fraction of sp³-hybridized carbons (Fsp3) is 0.0476. The zero-order chi connectivity index (χ0) is 19.4. The van der Waals surface area contributed by atoms with E-state index in [-0.39, 0.29) is 11.4 Å². The second-order valence-corrected chi connectivity index (χ2v) is 5.69. The van der Waals surface area contributed by atoms with Crippen molar-refractivity contribution in [2.45, 2.75) is 0 Å². The van der Waals surface area contributed by atoms with Crippen molar-refractivity contribution in [2.24, 2.45) is 0 Å². The Labute approximate surface area is 156 Å². The summed E-state index contributed by atoms with van der Waals surface area (Å²) in [4.78, 5) is 15.9. The number of carbonyl (C=O) groups is 1. The molecule has 0 aliphatic rings. The van der Waals surface area contributed by atoms with Gasteiger partial charge in [-0.3, -0.25) is 0 Å². The van der Waals surface area contributed by atoms with Gasteiger partial charge in [-0.15, -0.1) is 0 Å². The van der Waals surface area contributed by atoms with Gasteiger partial charge < -0.3 is 10.5 Å². The van der Waals surface area contributed by atoms with Gasteiger partial charge in [-0.25, -0.2) is 9.78 Å². The number of nitrogen functional groups attached to an aromatic ring is 1. The van der Waals surface area contributed by atoms with Gasteiger partial charge in [0.1, 0.15) is 17.5 Å². The molecule has 1 heterocycles. The number of pyridine rings is 1. The number of hydrogen-bond acceptors (Lipinski definition) is 6. The Bertz CT molecular complexity index is 1090. The van der Waals surface area contributed by atoms with Crippen LogP contribution in [0.5, 0.6) is 0 Å². The number of hydrogen-bond donors (Lipinski definition) is 1. The number of methoxy groups -OCH3 is 1. The molecule has 0 saturated carbocycles. The van der Waals surface area contributed by atoms with E-state index in [0.717, 1.165) is 11.1 Å². The van der Waals surface area contributed by atoms with Crippen molar-refractivity contribution in [2.75, 3.05) is 12.8 Å². The number of benzene rings is 2. The first-order valence-corrected chi connectivity index (χ1v) is 7.97. The van der Waals surface area contributed by atoms with Crippen molar-refractivity contribution in [3.63, 3.8) is 0 Å². The molecule has 0 unspecified atom stereocenters. The lowest BCUT2D eigenvalue weighted by Gasteiger charge is -2.11. The molecular weight excluding hydrogens is 340 g/mol. The summed E-state index contributed by atoms with van der Waals surface area (Å²) in [6, 6.07) is 19.6. The van der Waals surface area contributed by atoms with Crippen molar-refractivity contribution >= 4 is 11.8 Å². The number of rotatable bonds is 3. The molecule has 3 aromatic rings. The van der Waals surface area contributed by atoms with Crippen LogP contribution in [0, 0.1) is 22.7 Å². The Morgan fingerprint density at radius 2 is 1.63 bits per heavy atom. The van der Waals surface area contributed by atoms with Crippen molar-refractivity contribution in [1.29, 1.82) is 10.5 Å². The first kappa shape index (κ1) is 17.7. The van der Waals surface area contributed by atoms with Gasteiger partial charge in [0.05, 0.1) is 30.0 Å². The second-order valence-electron chi connectivity index (χ2n) is 5.69. The summed E-state index contributed by atoms with van der Waals surface area (Å²) in [5.74, 6) is -0.319. The van der Waals surface area contributed by atoms with E-state index in [2.05, 4.69) is 17.1 Å². The molecule has 0 aliphatic carbocycles. The maximum Gasteiger partial charge on any atom is 0.337 e. The molecule has 0 fully saturated rings. The number of nitrogens with zero attached hydrogens (tertiary/aromatic N) is 3. The lowest BCUT2D eigenvalue weighted by atomic mass is 9.97. The molecule has 2 N–H and O–H groups in total. The van der Waals surface area contributed by atoms with Gasteiger partial charge in [0.2, 0.25) is 0 Å². The van der Waals surface area contributed by atoms with Crippen LogP contribution >= 0.6 is 0 Å². The molecule has 6 heteroatoms. The topological polar surface area (TPSA) is 113 Å². The number of anilines is 1. The number of ether oxygens (including phenoxy) is 1. The average Bonchev–Trinajstić information content (AvgIpc) is 2.72. The van der Waals surface area contributed by atoms with E-state index in [0.29, 0.717) is 22.4 Å². The highest BCUT2D eigenvalue weighted by atomic mass is 16.5. The molecule has 0 aliphatic heterocycles. The van der Waals surface area contributed by atoms with Crippen LogP contribution in [0.25, 0.3) is 22.4 Å². The van der Waals surface area contributed by atoms with Crippen molar-refractivity contribution in [3.8, 4) is 34.5 Å². The molecule has 3 rings (SSSR count). The monoisotopic (exact) mass is 354 g/mol. The third-order valence-electron chi connectivity index (χ3n) is 4.09. The highest BCUT2D eigenvalue weighted by molar-refractivity contribution is 5.90. The summed E-state index contributed by atoms with van der Waals surface area (Å²) < 4.78 is 4.70. The van der Waals surface area contributed by atoms with Gasteiger partial charge >= 0.3 is 5.97 Å². The predicted molar refractivity (Wildman–Crippen MR) is 100 cm³/mol. The van der Waals surface area contributed by atoms with Crippen LogP contribution in [-0.4, -0.2) is 18.1 Å². The average molecular weight is 354 g/mol. The molecular formula is C21H14N4O2. The predicted octanol–water partition coefficient (Wildman–Crippen LogP) is 3.53. The van der Waals surface area contributed by atoms with Crippen LogP contribution in [0.1, 0.15) is 21.5 Å². The normalized spacial score (nSPS) is 9.89.